The maximum Gasteiger partial charge on any atom is 0.328 e. The molecule has 0 aliphatic carbocycles. The number of aliphatic carboxylic acids is 1. The van der Waals surface area contributed by atoms with Crippen molar-refractivity contribution in [3.05, 3.63) is 53.4 Å². The van der Waals surface area contributed by atoms with Gasteiger partial charge in [0.25, 0.3) is 0 Å². The van der Waals surface area contributed by atoms with Crippen LogP contribution in [-0.4, -0.2) is 11.1 Å². The molecule has 2 aromatic rings. The average Bonchev–Trinajstić information content (AvgIpc) is 2.82. The highest BCUT2D eigenvalue weighted by molar-refractivity contribution is 7.13. The Morgan fingerprint density at radius 2 is 1.94 bits per heavy atom. The fraction of sp³-hybridized carbons (Fsp3) is 0.0714. The third kappa shape index (κ3) is 2.82. The normalized spacial score (nSPS) is 11.5. The van der Waals surface area contributed by atoms with Crippen LogP contribution in [-0.2, 0) is 4.79 Å². The Morgan fingerprint density at radius 3 is 2.47 bits per heavy atom. The van der Waals surface area contributed by atoms with Gasteiger partial charge < -0.3 is 5.11 Å². The van der Waals surface area contributed by atoms with E-state index in [1.54, 1.807) is 18.3 Å². The summed E-state index contributed by atoms with van der Waals surface area (Å²) in [6.45, 7) is 1.80. The Kier molecular flexibility index (Phi) is 3.40. The summed E-state index contributed by atoms with van der Waals surface area (Å²) in [5, 5.41) is 10.7. The summed E-state index contributed by atoms with van der Waals surface area (Å²) in [6.07, 6.45) is 1.22. The standard InChI is InChI=1S/C14H12O2S/c1-10(9-14(15)16)11-4-6-12(7-5-11)13-3-2-8-17-13/h2-9H,1H3,(H,15,16)/b10-9+. The molecule has 1 heterocycles. The van der Waals surface area contributed by atoms with E-state index in [-0.39, 0.29) is 0 Å². The molecule has 0 atom stereocenters. The molecular weight excluding hydrogens is 232 g/mol. The minimum atomic E-state index is -0.912. The summed E-state index contributed by atoms with van der Waals surface area (Å²) < 4.78 is 0. The number of hydrogen-bond donors (Lipinski definition) is 1. The third-order valence-electron chi connectivity index (χ3n) is 2.49. The van der Waals surface area contributed by atoms with Crippen LogP contribution in [0, 0.1) is 0 Å². The van der Waals surface area contributed by atoms with Crippen LogP contribution in [0.25, 0.3) is 16.0 Å². The molecule has 1 aromatic carbocycles. The van der Waals surface area contributed by atoms with Crippen molar-refractivity contribution in [1.82, 2.24) is 0 Å². The predicted molar refractivity (Wildman–Crippen MR) is 71.0 cm³/mol. The van der Waals surface area contributed by atoms with E-state index in [0.717, 1.165) is 16.7 Å². The largest absolute Gasteiger partial charge is 0.478 e. The molecule has 1 aromatic heterocycles. The molecule has 0 spiro atoms. The minimum Gasteiger partial charge on any atom is -0.478 e. The third-order valence-corrected chi connectivity index (χ3v) is 3.40. The molecule has 0 amide bonds. The maximum atomic E-state index is 10.6. The van der Waals surface area contributed by atoms with E-state index in [1.807, 2.05) is 35.7 Å². The molecule has 0 bridgehead atoms. The Labute approximate surface area is 104 Å². The number of rotatable bonds is 3. The number of thiophene rings is 1. The summed E-state index contributed by atoms with van der Waals surface area (Å²) >= 11 is 1.69. The molecular formula is C14H12O2S. The lowest BCUT2D eigenvalue weighted by atomic mass is 10.0. The molecule has 2 nitrogen and oxygen atoms in total. The average molecular weight is 244 g/mol. The Balaban J connectivity index is 2.27. The smallest absolute Gasteiger partial charge is 0.328 e. The highest BCUT2D eigenvalue weighted by atomic mass is 32.1. The van der Waals surface area contributed by atoms with Gasteiger partial charge in [0.1, 0.15) is 0 Å². The number of carboxylic acids is 1. The molecule has 86 valence electrons. The molecule has 0 aliphatic heterocycles. The molecule has 17 heavy (non-hydrogen) atoms. The van der Waals surface area contributed by atoms with Gasteiger partial charge in [-0.2, -0.15) is 0 Å². The van der Waals surface area contributed by atoms with Crippen molar-refractivity contribution in [2.24, 2.45) is 0 Å². The lowest BCUT2D eigenvalue weighted by Crippen LogP contribution is -1.89. The van der Waals surface area contributed by atoms with Gasteiger partial charge in [-0.3, -0.25) is 0 Å². The van der Waals surface area contributed by atoms with Gasteiger partial charge >= 0.3 is 5.97 Å². The molecule has 2 rings (SSSR count). The van der Waals surface area contributed by atoms with Gasteiger partial charge in [0.15, 0.2) is 0 Å². The van der Waals surface area contributed by atoms with Crippen molar-refractivity contribution in [2.75, 3.05) is 0 Å². The summed E-state index contributed by atoms with van der Waals surface area (Å²) in [5.41, 5.74) is 2.86. The van der Waals surface area contributed by atoms with Gasteiger partial charge in [0.05, 0.1) is 0 Å². The first-order valence-electron chi connectivity index (χ1n) is 5.22. The fourth-order valence-electron chi connectivity index (χ4n) is 1.61. The van der Waals surface area contributed by atoms with E-state index in [4.69, 9.17) is 5.11 Å². The second-order valence-electron chi connectivity index (χ2n) is 3.72. The van der Waals surface area contributed by atoms with E-state index >= 15 is 0 Å². The number of carboxylic acid groups (broad SMARTS) is 1. The van der Waals surface area contributed by atoms with Crippen LogP contribution in [0.15, 0.2) is 47.9 Å². The zero-order valence-corrected chi connectivity index (χ0v) is 10.2. The topological polar surface area (TPSA) is 37.3 Å². The maximum absolute atomic E-state index is 10.6. The van der Waals surface area contributed by atoms with Crippen molar-refractivity contribution in [3.63, 3.8) is 0 Å². The molecule has 0 aliphatic rings. The lowest BCUT2D eigenvalue weighted by molar-refractivity contribution is -0.131. The molecule has 1 N–H and O–H groups in total. The van der Waals surface area contributed by atoms with Crippen molar-refractivity contribution in [2.45, 2.75) is 6.92 Å². The molecule has 3 heteroatoms. The summed E-state index contributed by atoms with van der Waals surface area (Å²) in [7, 11) is 0. The molecule has 0 saturated heterocycles. The van der Waals surface area contributed by atoms with Gasteiger partial charge in [0, 0.05) is 11.0 Å². The SMILES string of the molecule is C/C(=C\C(=O)O)c1ccc(-c2cccs2)cc1. The molecule has 0 saturated carbocycles. The zero-order chi connectivity index (χ0) is 12.3. The van der Waals surface area contributed by atoms with Crippen LogP contribution in [0.2, 0.25) is 0 Å². The van der Waals surface area contributed by atoms with Crippen LogP contribution < -0.4 is 0 Å². The Hall–Kier alpha value is -1.87. The predicted octanol–water partition coefficient (Wildman–Crippen LogP) is 3.90. The van der Waals surface area contributed by atoms with Crippen LogP contribution in [0.1, 0.15) is 12.5 Å². The Bertz CT molecular complexity index is 536. The first-order chi connectivity index (χ1) is 8.16. The second kappa shape index (κ2) is 4.97. The summed E-state index contributed by atoms with van der Waals surface area (Å²) in [6, 6.07) is 12.0. The van der Waals surface area contributed by atoms with Crippen molar-refractivity contribution in [1.29, 1.82) is 0 Å². The van der Waals surface area contributed by atoms with Gasteiger partial charge in [-0.05, 0) is 35.1 Å². The van der Waals surface area contributed by atoms with Crippen LogP contribution >= 0.6 is 11.3 Å². The van der Waals surface area contributed by atoms with Crippen molar-refractivity contribution in [3.8, 4) is 10.4 Å². The van der Waals surface area contributed by atoms with Gasteiger partial charge in [-0.1, -0.05) is 30.3 Å². The van der Waals surface area contributed by atoms with E-state index in [1.165, 1.54) is 11.0 Å². The molecule has 0 radical (unpaired) electrons. The molecule has 0 fully saturated rings. The van der Waals surface area contributed by atoms with Crippen LogP contribution in [0.4, 0.5) is 0 Å². The monoisotopic (exact) mass is 244 g/mol. The van der Waals surface area contributed by atoms with Gasteiger partial charge in [-0.15, -0.1) is 11.3 Å². The lowest BCUT2D eigenvalue weighted by Gasteiger charge is -2.02. The number of carbonyl (C=O) groups is 1. The van der Waals surface area contributed by atoms with E-state index in [9.17, 15) is 4.79 Å². The summed E-state index contributed by atoms with van der Waals surface area (Å²) in [4.78, 5) is 11.8. The highest BCUT2D eigenvalue weighted by Crippen LogP contribution is 2.26. The highest BCUT2D eigenvalue weighted by Gasteiger charge is 2.01. The number of hydrogen-bond acceptors (Lipinski definition) is 2. The first kappa shape index (κ1) is 11.6. The van der Waals surface area contributed by atoms with E-state index in [0.29, 0.717) is 0 Å². The van der Waals surface area contributed by atoms with E-state index in [2.05, 4.69) is 6.07 Å². The number of allylic oxidation sites excluding steroid dienone is 1. The van der Waals surface area contributed by atoms with Crippen molar-refractivity contribution < 1.29 is 9.90 Å². The first-order valence-corrected chi connectivity index (χ1v) is 6.10. The minimum absolute atomic E-state index is 0.759. The summed E-state index contributed by atoms with van der Waals surface area (Å²) in [5.74, 6) is -0.912. The van der Waals surface area contributed by atoms with Gasteiger partial charge in [0.2, 0.25) is 0 Å². The second-order valence-corrected chi connectivity index (χ2v) is 4.67. The molecule has 0 unspecified atom stereocenters. The fourth-order valence-corrected chi connectivity index (χ4v) is 2.34. The quantitative estimate of drug-likeness (QED) is 0.831. The van der Waals surface area contributed by atoms with E-state index < -0.39 is 5.97 Å². The Morgan fingerprint density at radius 1 is 1.24 bits per heavy atom. The van der Waals surface area contributed by atoms with Crippen LogP contribution in [0.5, 0.6) is 0 Å². The van der Waals surface area contributed by atoms with Crippen LogP contribution in [0.3, 0.4) is 0 Å². The van der Waals surface area contributed by atoms with Gasteiger partial charge in [-0.25, -0.2) is 4.79 Å². The zero-order valence-electron chi connectivity index (χ0n) is 9.38. The number of benzene rings is 1. The van der Waals surface area contributed by atoms with Crippen molar-refractivity contribution >= 4 is 22.9 Å².